The van der Waals surface area contributed by atoms with Crippen LogP contribution in [0, 0.1) is 5.82 Å². The van der Waals surface area contributed by atoms with Crippen LogP contribution in [-0.4, -0.2) is 47.9 Å². The van der Waals surface area contributed by atoms with E-state index in [0.717, 1.165) is 35.5 Å². The highest BCUT2D eigenvalue weighted by Crippen LogP contribution is 2.38. The van der Waals surface area contributed by atoms with E-state index in [2.05, 4.69) is 15.2 Å². The Labute approximate surface area is 206 Å². The van der Waals surface area contributed by atoms with E-state index in [-0.39, 0.29) is 23.5 Å². The van der Waals surface area contributed by atoms with Gasteiger partial charge in [0.25, 0.3) is 5.91 Å². The summed E-state index contributed by atoms with van der Waals surface area (Å²) in [5.41, 5.74) is 2.27. The summed E-state index contributed by atoms with van der Waals surface area (Å²) in [4.78, 5) is 35.8. The molecule has 1 unspecified atom stereocenters. The third-order valence-corrected chi connectivity index (χ3v) is 7.66. The Bertz CT molecular complexity index is 1190. The SMILES string of the molecule is O=C(Nc1nc2c(s1)CCCC2C(=O)N1CCN(c2ccc(F)cc2)CC1)c1ccc(Cl)cc1. The second-order valence-corrected chi connectivity index (χ2v) is 10.0. The predicted molar refractivity (Wildman–Crippen MR) is 132 cm³/mol. The number of amides is 2. The van der Waals surface area contributed by atoms with Crippen LogP contribution in [0.25, 0.3) is 0 Å². The summed E-state index contributed by atoms with van der Waals surface area (Å²) in [6.45, 7) is 2.64. The van der Waals surface area contributed by atoms with Crippen molar-refractivity contribution < 1.29 is 14.0 Å². The van der Waals surface area contributed by atoms with Crippen LogP contribution in [0.4, 0.5) is 15.2 Å². The van der Waals surface area contributed by atoms with Crippen molar-refractivity contribution in [3.63, 3.8) is 0 Å². The lowest BCUT2D eigenvalue weighted by Gasteiger charge is -2.38. The second-order valence-electron chi connectivity index (χ2n) is 8.52. The molecule has 34 heavy (non-hydrogen) atoms. The van der Waals surface area contributed by atoms with Gasteiger partial charge in [0.15, 0.2) is 5.13 Å². The molecule has 2 aliphatic rings. The summed E-state index contributed by atoms with van der Waals surface area (Å²) >= 11 is 7.35. The van der Waals surface area contributed by atoms with Crippen molar-refractivity contribution in [2.45, 2.75) is 25.2 Å². The Kier molecular flexibility index (Phi) is 6.52. The molecule has 0 saturated carbocycles. The van der Waals surface area contributed by atoms with Gasteiger partial charge in [0.1, 0.15) is 5.82 Å². The van der Waals surface area contributed by atoms with Crippen LogP contribution >= 0.6 is 22.9 Å². The molecule has 2 heterocycles. The van der Waals surface area contributed by atoms with Gasteiger partial charge < -0.3 is 9.80 Å². The standard InChI is InChI=1S/C25H24ClFN4O2S/c26-17-6-4-16(5-7-17)23(32)29-25-28-22-20(2-1-3-21(22)34-25)24(33)31-14-12-30(13-15-31)19-10-8-18(27)9-11-19/h4-11,20H,1-3,12-15H2,(H,28,29,32). The molecule has 1 saturated heterocycles. The highest BCUT2D eigenvalue weighted by molar-refractivity contribution is 7.16. The van der Waals surface area contributed by atoms with E-state index in [0.29, 0.717) is 41.9 Å². The molecule has 1 aromatic heterocycles. The molecular weight excluding hydrogens is 475 g/mol. The fourth-order valence-electron chi connectivity index (χ4n) is 4.54. The van der Waals surface area contributed by atoms with Crippen molar-refractivity contribution in [3.8, 4) is 0 Å². The van der Waals surface area contributed by atoms with E-state index in [1.165, 1.54) is 23.5 Å². The molecule has 3 aromatic rings. The number of carbonyl (C=O) groups excluding carboxylic acids is 2. The Morgan fingerprint density at radius 3 is 2.44 bits per heavy atom. The zero-order valence-electron chi connectivity index (χ0n) is 18.5. The first kappa shape index (κ1) is 22.8. The Morgan fingerprint density at radius 1 is 1.03 bits per heavy atom. The van der Waals surface area contributed by atoms with Crippen molar-refractivity contribution >= 4 is 45.6 Å². The molecule has 1 atom stereocenters. The lowest BCUT2D eigenvalue weighted by molar-refractivity contribution is -0.133. The number of nitrogens with one attached hydrogen (secondary N) is 1. The maximum atomic E-state index is 13.4. The summed E-state index contributed by atoms with van der Waals surface area (Å²) in [6.07, 6.45) is 2.55. The monoisotopic (exact) mass is 498 g/mol. The van der Waals surface area contributed by atoms with Crippen molar-refractivity contribution in [2.24, 2.45) is 0 Å². The van der Waals surface area contributed by atoms with Crippen LogP contribution in [0.2, 0.25) is 5.02 Å². The fraction of sp³-hybridized carbons (Fsp3) is 0.320. The van der Waals surface area contributed by atoms with Crippen molar-refractivity contribution in [2.75, 3.05) is 36.4 Å². The van der Waals surface area contributed by atoms with Gasteiger partial charge in [-0.25, -0.2) is 9.37 Å². The smallest absolute Gasteiger partial charge is 0.257 e. The van der Waals surface area contributed by atoms with Crippen LogP contribution in [0.5, 0.6) is 0 Å². The van der Waals surface area contributed by atoms with Gasteiger partial charge >= 0.3 is 0 Å². The zero-order valence-corrected chi connectivity index (χ0v) is 20.0. The predicted octanol–water partition coefficient (Wildman–Crippen LogP) is 4.96. The number of halogens is 2. The average molecular weight is 499 g/mol. The average Bonchev–Trinajstić information content (AvgIpc) is 3.27. The Balaban J connectivity index is 1.25. The van der Waals surface area contributed by atoms with Crippen molar-refractivity contribution in [1.29, 1.82) is 0 Å². The van der Waals surface area contributed by atoms with Gasteiger partial charge in [0.2, 0.25) is 5.91 Å². The van der Waals surface area contributed by atoms with Crippen LogP contribution < -0.4 is 10.2 Å². The van der Waals surface area contributed by atoms with E-state index in [1.807, 2.05) is 4.90 Å². The van der Waals surface area contributed by atoms with Crippen LogP contribution in [0.15, 0.2) is 48.5 Å². The number of aromatic nitrogens is 1. The van der Waals surface area contributed by atoms with Crippen LogP contribution in [0.1, 0.15) is 39.7 Å². The van der Waals surface area contributed by atoms with Gasteiger partial charge in [-0.05, 0) is 67.8 Å². The van der Waals surface area contributed by atoms with Crippen molar-refractivity contribution in [1.82, 2.24) is 9.88 Å². The summed E-state index contributed by atoms with van der Waals surface area (Å²) in [5, 5.41) is 3.96. The molecule has 6 nitrogen and oxygen atoms in total. The van der Waals surface area contributed by atoms with E-state index < -0.39 is 0 Å². The van der Waals surface area contributed by atoms with Crippen molar-refractivity contribution in [3.05, 3.63) is 75.5 Å². The maximum Gasteiger partial charge on any atom is 0.257 e. The van der Waals surface area contributed by atoms with Gasteiger partial charge in [0.05, 0.1) is 11.6 Å². The summed E-state index contributed by atoms with van der Waals surface area (Å²) in [6, 6.07) is 13.2. The van der Waals surface area contributed by atoms with Crippen LogP contribution in [-0.2, 0) is 11.2 Å². The first-order valence-electron chi connectivity index (χ1n) is 11.3. The second kappa shape index (κ2) is 9.72. The van der Waals surface area contributed by atoms with E-state index >= 15 is 0 Å². The number of fused-ring (bicyclic) bond motifs is 1. The molecule has 2 aromatic carbocycles. The van der Waals surface area contributed by atoms with E-state index in [1.54, 1.807) is 36.4 Å². The number of aryl methyl sites for hydroxylation is 1. The lowest BCUT2D eigenvalue weighted by atomic mass is 9.89. The molecule has 0 radical (unpaired) electrons. The number of piperazine rings is 1. The summed E-state index contributed by atoms with van der Waals surface area (Å²) in [5.74, 6) is -0.681. The van der Waals surface area contributed by atoms with Gasteiger partial charge in [-0.15, -0.1) is 11.3 Å². The molecule has 0 bridgehead atoms. The molecule has 9 heteroatoms. The molecule has 1 N–H and O–H groups in total. The molecule has 5 rings (SSSR count). The quantitative estimate of drug-likeness (QED) is 0.552. The molecule has 0 spiro atoms. The molecule has 1 fully saturated rings. The molecule has 1 aliphatic heterocycles. The van der Waals surface area contributed by atoms with E-state index in [4.69, 9.17) is 11.6 Å². The molecule has 176 valence electrons. The number of rotatable bonds is 4. The summed E-state index contributed by atoms with van der Waals surface area (Å²) < 4.78 is 13.2. The highest BCUT2D eigenvalue weighted by Gasteiger charge is 2.34. The minimum Gasteiger partial charge on any atom is -0.368 e. The molecular formula is C25H24ClFN4O2S. The number of thiazole rings is 1. The van der Waals surface area contributed by atoms with Crippen LogP contribution in [0.3, 0.4) is 0 Å². The van der Waals surface area contributed by atoms with Gasteiger partial charge in [-0.2, -0.15) is 0 Å². The lowest BCUT2D eigenvalue weighted by Crippen LogP contribution is -2.50. The number of anilines is 2. The number of benzene rings is 2. The third kappa shape index (κ3) is 4.79. The third-order valence-electron chi connectivity index (χ3n) is 6.36. The minimum absolute atomic E-state index is 0.0978. The molecule has 1 aliphatic carbocycles. The first-order chi connectivity index (χ1) is 16.5. The fourth-order valence-corrected chi connectivity index (χ4v) is 5.73. The van der Waals surface area contributed by atoms with Gasteiger partial charge in [0, 0.05) is 47.3 Å². The normalized spacial score (nSPS) is 17.9. The van der Waals surface area contributed by atoms with Gasteiger partial charge in [-0.1, -0.05) is 11.6 Å². The van der Waals surface area contributed by atoms with Gasteiger partial charge in [-0.3, -0.25) is 14.9 Å². The number of nitrogens with zero attached hydrogens (tertiary/aromatic N) is 3. The largest absolute Gasteiger partial charge is 0.368 e. The minimum atomic E-state index is -0.279. The number of carbonyl (C=O) groups is 2. The van der Waals surface area contributed by atoms with E-state index in [9.17, 15) is 14.0 Å². The topological polar surface area (TPSA) is 65.5 Å². The Morgan fingerprint density at radius 2 is 1.74 bits per heavy atom. The first-order valence-corrected chi connectivity index (χ1v) is 12.5. The maximum absolute atomic E-state index is 13.4. The summed E-state index contributed by atoms with van der Waals surface area (Å²) in [7, 11) is 0. The number of hydrogen-bond acceptors (Lipinski definition) is 5. The molecule has 2 amide bonds. The number of hydrogen-bond donors (Lipinski definition) is 1. The Hall–Kier alpha value is -2.97. The highest BCUT2D eigenvalue weighted by atomic mass is 35.5. The zero-order chi connectivity index (χ0) is 23.7.